The molecular formula is C12H10N2O2. The van der Waals surface area contributed by atoms with Crippen LogP contribution in [0.15, 0.2) is 49.1 Å². The number of hydrogen-bond donors (Lipinski definition) is 0. The fourth-order valence-electron chi connectivity index (χ4n) is 0.884. The molecule has 0 atom stereocenters. The standard InChI is InChI=1S/2C6H5NO/c2*8-5-6-1-3-7-4-2-6/h2*1-5H. The maximum absolute atomic E-state index is 9.98. The quantitative estimate of drug-likeness (QED) is 0.715. The summed E-state index contributed by atoms with van der Waals surface area (Å²) in [5.41, 5.74) is 1.33. The molecule has 0 amide bonds. The largest absolute Gasteiger partial charge is 0.298 e. The fourth-order valence-corrected chi connectivity index (χ4v) is 0.884. The van der Waals surface area contributed by atoms with Crippen LogP contribution in [0, 0.1) is 0 Å². The zero-order valence-corrected chi connectivity index (χ0v) is 8.48. The van der Waals surface area contributed by atoms with Gasteiger partial charge in [0.2, 0.25) is 0 Å². The summed E-state index contributed by atoms with van der Waals surface area (Å²) >= 11 is 0. The summed E-state index contributed by atoms with van der Waals surface area (Å²) in [6.45, 7) is 0. The highest BCUT2D eigenvalue weighted by Gasteiger charge is 1.81. The van der Waals surface area contributed by atoms with Crippen LogP contribution in [0.2, 0.25) is 0 Å². The van der Waals surface area contributed by atoms with Gasteiger partial charge in [-0.1, -0.05) is 0 Å². The van der Waals surface area contributed by atoms with E-state index in [1.165, 1.54) is 0 Å². The molecule has 4 heteroatoms. The molecule has 2 aromatic rings. The minimum Gasteiger partial charge on any atom is -0.298 e. The minimum atomic E-state index is 0.667. The summed E-state index contributed by atoms with van der Waals surface area (Å²) in [6, 6.07) is 6.64. The highest BCUT2D eigenvalue weighted by atomic mass is 16.1. The van der Waals surface area contributed by atoms with E-state index in [4.69, 9.17) is 0 Å². The first-order chi connectivity index (χ1) is 7.86. The van der Waals surface area contributed by atoms with Gasteiger partial charge in [0.1, 0.15) is 12.6 Å². The van der Waals surface area contributed by atoms with Crippen molar-refractivity contribution in [3.63, 3.8) is 0 Å². The molecule has 0 bridgehead atoms. The molecule has 2 heterocycles. The molecule has 4 nitrogen and oxygen atoms in total. The average molecular weight is 214 g/mol. The van der Waals surface area contributed by atoms with Crippen molar-refractivity contribution in [3.8, 4) is 0 Å². The van der Waals surface area contributed by atoms with Crippen molar-refractivity contribution in [1.82, 2.24) is 9.97 Å². The van der Waals surface area contributed by atoms with Gasteiger partial charge in [0.25, 0.3) is 0 Å². The van der Waals surface area contributed by atoms with Gasteiger partial charge in [0, 0.05) is 35.9 Å². The lowest BCUT2D eigenvalue weighted by molar-refractivity contribution is 0.111. The molecule has 0 saturated heterocycles. The molecule has 0 radical (unpaired) electrons. The van der Waals surface area contributed by atoms with Crippen LogP contribution >= 0.6 is 0 Å². The second-order valence-corrected chi connectivity index (χ2v) is 2.80. The summed E-state index contributed by atoms with van der Waals surface area (Å²) in [4.78, 5) is 27.4. The molecule has 0 aliphatic carbocycles. The van der Waals surface area contributed by atoms with E-state index in [1.807, 2.05) is 0 Å². The van der Waals surface area contributed by atoms with E-state index in [0.29, 0.717) is 11.1 Å². The Kier molecular flexibility index (Phi) is 5.13. The molecule has 2 rings (SSSR count). The third-order valence-corrected chi connectivity index (χ3v) is 1.68. The van der Waals surface area contributed by atoms with E-state index >= 15 is 0 Å². The number of rotatable bonds is 2. The first kappa shape index (κ1) is 11.7. The number of pyridine rings is 2. The van der Waals surface area contributed by atoms with Gasteiger partial charge in [-0.3, -0.25) is 19.6 Å². The SMILES string of the molecule is O=Cc1ccncc1.O=Cc1ccncc1. The lowest BCUT2D eigenvalue weighted by Crippen LogP contribution is -1.76. The smallest absolute Gasteiger partial charge is 0.150 e. The fraction of sp³-hybridized carbons (Fsp3) is 0. The van der Waals surface area contributed by atoms with Crippen molar-refractivity contribution >= 4 is 12.6 Å². The van der Waals surface area contributed by atoms with Crippen molar-refractivity contribution < 1.29 is 9.59 Å². The van der Waals surface area contributed by atoms with Crippen LogP contribution in [-0.2, 0) is 0 Å². The average Bonchev–Trinajstić information content (AvgIpc) is 2.41. The summed E-state index contributed by atoms with van der Waals surface area (Å²) in [7, 11) is 0. The third kappa shape index (κ3) is 4.23. The van der Waals surface area contributed by atoms with Crippen molar-refractivity contribution in [2.45, 2.75) is 0 Å². The maximum atomic E-state index is 9.98. The lowest BCUT2D eigenvalue weighted by atomic mass is 10.3. The van der Waals surface area contributed by atoms with E-state index in [-0.39, 0.29) is 0 Å². The Hall–Kier alpha value is -2.36. The third-order valence-electron chi connectivity index (χ3n) is 1.68. The van der Waals surface area contributed by atoms with Gasteiger partial charge in [-0.2, -0.15) is 0 Å². The van der Waals surface area contributed by atoms with Crippen LogP contribution < -0.4 is 0 Å². The van der Waals surface area contributed by atoms with Crippen LogP contribution in [0.4, 0.5) is 0 Å². The normalized spacial score (nSPS) is 8.50. The van der Waals surface area contributed by atoms with Crippen LogP contribution in [-0.4, -0.2) is 22.5 Å². The zero-order valence-electron chi connectivity index (χ0n) is 8.48. The second kappa shape index (κ2) is 7.00. The van der Waals surface area contributed by atoms with Gasteiger partial charge in [0.15, 0.2) is 0 Å². The van der Waals surface area contributed by atoms with Crippen LogP contribution in [0.5, 0.6) is 0 Å². The van der Waals surface area contributed by atoms with E-state index in [9.17, 15) is 9.59 Å². The van der Waals surface area contributed by atoms with Gasteiger partial charge in [0.05, 0.1) is 0 Å². The Labute approximate surface area is 93.0 Å². The summed E-state index contributed by atoms with van der Waals surface area (Å²) in [5, 5.41) is 0. The van der Waals surface area contributed by atoms with E-state index < -0.39 is 0 Å². The summed E-state index contributed by atoms with van der Waals surface area (Å²) < 4.78 is 0. The number of hydrogen-bond acceptors (Lipinski definition) is 4. The maximum Gasteiger partial charge on any atom is 0.150 e. The Balaban J connectivity index is 0.000000160. The Morgan fingerprint density at radius 1 is 0.688 bits per heavy atom. The minimum absolute atomic E-state index is 0.667. The van der Waals surface area contributed by atoms with Crippen LogP contribution in [0.1, 0.15) is 20.7 Å². The predicted molar refractivity (Wildman–Crippen MR) is 59.2 cm³/mol. The molecule has 0 saturated carbocycles. The molecule has 0 fully saturated rings. The summed E-state index contributed by atoms with van der Waals surface area (Å²) in [6.07, 6.45) is 7.93. The topological polar surface area (TPSA) is 59.9 Å². The molecule has 0 aromatic carbocycles. The molecular weight excluding hydrogens is 204 g/mol. The molecule has 0 unspecified atom stereocenters. The summed E-state index contributed by atoms with van der Waals surface area (Å²) in [5.74, 6) is 0. The number of aldehydes is 2. The number of aromatic nitrogens is 2. The number of nitrogens with zero attached hydrogens (tertiary/aromatic N) is 2. The van der Waals surface area contributed by atoms with E-state index in [1.54, 1.807) is 49.1 Å². The molecule has 2 aromatic heterocycles. The number of carbonyl (C=O) groups is 2. The second-order valence-electron chi connectivity index (χ2n) is 2.80. The van der Waals surface area contributed by atoms with E-state index in [0.717, 1.165) is 12.6 Å². The molecule has 0 aliphatic heterocycles. The van der Waals surface area contributed by atoms with Crippen molar-refractivity contribution in [2.24, 2.45) is 0 Å². The van der Waals surface area contributed by atoms with Gasteiger partial charge in [-0.05, 0) is 24.3 Å². The van der Waals surface area contributed by atoms with Crippen molar-refractivity contribution in [1.29, 1.82) is 0 Å². The van der Waals surface area contributed by atoms with E-state index in [2.05, 4.69) is 9.97 Å². The van der Waals surface area contributed by atoms with Crippen molar-refractivity contribution in [2.75, 3.05) is 0 Å². The molecule has 80 valence electrons. The predicted octanol–water partition coefficient (Wildman–Crippen LogP) is 1.79. The Morgan fingerprint density at radius 3 is 1.19 bits per heavy atom. The monoisotopic (exact) mass is 214 g/mol. The Morgan fingerprint density at radius 2 is 1.00 bits per heavy atom. The van der Waals surface area contributed by atoms with Crippen LogP contribution in [0.3, 0.4) is 0 Å². The van der Waals surface area contributed by atoms with Gasteiger partial charge in [-0.25, -0.2) is 0 Å². The first-order valence-corrected chi connectivity index (χ1v) is 4.57. The number of carbonyl (C=O) groups excluding carboxylic acids is 2. The highest BCUT2D eigenvalue weighted by molar-refractivity contribution is 5.74. The molecule has 0 spiro atoms. The highest BCUT2D eigenvalue weighted by Crippen LogP contribution is 1.88. The Bertz CT molecular complexity index is 386. The van der Waals surface area contributed by atoms with Crippen molar-refractivity contribution in [3.05, 3.63) is 60.2 Å². The van der Waals surface area contributed by atoms with Gasteiger partial charge in [-0.15, -0.1) is 0 Å². The van der Waals surface area contributed by atoms with Gasteiger partial charge >= 0.3 is 0 Å². The molecule has 0 aliphatic rings. The first-order valence-electron chi connectivity index (χ1n) is 4.57. The van der Waals surface area contributed by atoms with Crippen LogP contribution in [0.25, 0.3) is 0 Å². The zero-order chi connectivity index (χ0) is 11.6. The molecule has 0 N–H and O–H groups in total. The van der Waals surface area contributed by atoms with Gasteiger partial charge < -0.3 is 0 Å². The lowest BCUT2D eigenvalue weighted by Gasteiger charge is -1.81. The molecule has 16 heavy (non-hydrogen) atoms.